The van der Waals surface area contributed by atoms with Crippen LogP contribution >= 0.6 is 0 Å². The van der Waals surface area contributed by atoms with E-state index in [0.29, 0.717) is 5.56 Å². The van der Waals surface area contributed by atoms with Gasteiger partial charge >= 0.3 is 12.1 Å². The van der Waals surface area contributed by atoms with Crippen molar-refractivity contribution in [3.8, 4) is 0 Å². The second-order valence-electron chi connectivity index (χ2n) is 4.28. The van der Waals surface area contributed by atoms with Crippen molar-refractivity contribution >= 4 is 12.1 Å². The second kappa shape index (κ2) is 4.38. The van der Waals surface area contributed by atoms with Gasteiger partial charge in [-0.1, -0.05) is 0 Å². The number of carbonyl (C=O) groups excluding carboxylic acids is 2. The number of ether oxygens (including phenoxy) is 2. The molecule has 0 N–H and O–H groups in total. The molecule has 0 aliphatic rings. The molecule has 0 amide bonds. The molecule has 0 aliphatic heterocycles. The summed E-state index contributed by atoms with van der Waals surface area (Å²) in [7, 11) is 1.28. The standard InChI is InChI=1S/C11H15NO4/c1-11(2,3)16-10(14)12-6-5-8(7-12)9(13)15-4/h5-7H,1-4H3. The zero-order chi connectivity index (χ0) is 12.3. The number of hydrogen-bond acceptors (Lipinski definition) is 4. The Bertz CT molecular complexity index is 400. The maximum atomic E-state index is 11.6. The second-order valence-corrected chi connectivity index (χ2v) is 4.28. The average molecular weight is 225 g/mol. The smallest absolute Gasteiger partial charge is 0.418 e. The fourth-order valence-corrected chi connectivity index (χ4v) is 1.06. The molecular formula is C11H15NO4. The van der Waals surface area contributed by atoms with E-state index in [9.17, 15) is 9.59 Å². The number of rotatable bonds is 1. The fourth-order valence-electron chi connectivity index (χ4n) is 1.06. The molecule has 0 radical (unpaired) electrons. The zero-order valence-corrected chi connectivity index (χ0v) is 9.81. The topological polar surface area (TPSA) is 57.5 Å². The Morgan fingerprint density at radius 1 is 1.31 bits per heavy atom. The summed E-state index contributed by atoms with van der Waals surface area (Å²) in [5.74, 6) is -0.484. The van der Waals surface area contributed by atoms with Gasteiger partial charge in [0, 0.05) is 12.4 Å². The van der Waals surface area contributed by atoms with Gasteiger partial charge in [-0.05, 0) is 26.8 Å². The summed E-state index contributed by atoms with van der Waals surface area (Å²) in [6, 6.07) is 1.50. The Morgan fingerprint density at radius 2 is 1.94 bits per heavy atom. The van der Waals surface area contributed by atoms with E-state index in [-0.39, 0.29) is 0 Å². The molecule has 0 bridgehead atoms. The quantitative estimate of drug-likeness (QED) is 0.686. The molecule has 0 saturated heterocycles. The Balaban J connectivity index is 2.78. The minimum Gasteiger partial charge on any atom is -0.465 e. The van der Waals surface area contributed by atoms with E-state index in [1.165, 1.54) is 30.1 Å². The minimum atomic E-state index is -0.563. The van der Waals surface area contributed by atoms with Crippen LogP contribution in [0, 0.1) is 0 Å². The average Bonchev–Trinajstić information content (AvgIpc) is 2.62. The molecule has 88 valence electrons. The monoisotopic (exact) mass is 225 g/mol. The van der Waals surface area contributed by atoms with Gasteiger partial charge in [0.05, 0.1) is 12.7 Å². The van der Waals surface area contributed by atoms with Gasteiger partial charge in [0.25, 0.3) is 0 Å². The van der Waals surface area contributed by atoms with E-state index in [0.717, 1.165) is 0 Å². The molecule has 0 aliphatic carbocycles. The number of esters is 1. The van der Waals surface area contributed by atoms with Gasteiger partial charge in [0.2, 0.25) is 0 Å². The van der Waals surface area contributed by atoms with Crippen molar-refractivity contribution < 1.29 is 19.1 Å². The summed E-state index contributed by atoms with van der Waals surface area (Å²) >= 11 is 0. The molecule has 1 aromatic rings. The van der Waals surface area contributed by atoms with E-state index in [4.69, 9.17) is 4.74 Å². The van der Waals surface area contributed by atoms with Crippen LogP contribution in [0.3, 0.4) is 0 Å². The SMILES string of the molecule is COC(=O)c1ccn(C(=O)OC(C)(C)C)c1. The molecule has 1 rings (SSSR count). The van der Waals surface area contributed by atoms with Crippen molar-refractivity contribution in [2.75, 3.05) is 7.11 Å². The first-order valence-electron chi connectivity index (χ1n) is 4.83. The first-order valence-corrected chi connectivity index (χ1v) is 4.83. The molecule has 16 heavy (non-hydrogen) atoms. The van der Waals surface area contributed by atoms with Crippen LogP contribution < -0.4 is 0 Å². The fraction of sp³-hybridized carbons (Fsp3) is 0.455. The first-order chi connectivity index (χ1) is 7.33. The molecule has 0 fully saturated rings. The minimum absolute atomic E-state index is 0.313. The highest BCUT2D eigenvalue weighted by Gasteiger charge is 2.18. The van der Waals surface area contributed by atoms with Gasteiger partial charge < -0.3 is 9.47 Å². The summed E-state index contributed by atoms with van der Waals surface area (Å²) in [5, 5.41) is 0. The maximum Gasteiger partial charge on any atom is 0.418 e. The molecule has 0 aromatic carbocycles. The third kappa shape index (κ3) is 3.12. The number of methoxy groups -OCH3 is 1. The normalized spacial score (nSPS) is 11.0. The highest BCUT2D eigenvalue weighted by molar-refractivity contribution is 5.90. The van der Waals surface area contributed by atoms with E-state index in [2.05, 4.69) is 4.74 Å². The van der Waals surface area contributed by atoms with Crippen molar-refractivity contribution in [2.45, 2.75) is 26.4 Å². The van der Waals surface area contributed by atoms with Gasteiger partial charge in [-0.2, -0.15) is 0 Å². The van der Waals surface area contributed by atoms with Gasteiger partial charge in [-0.3, -0.25) is 4.57 Å². The molecular weight excluding hydrogens is 210 g/mol. The number of hydrogen-bond donors (Lipinski definition) is 0. The molecule has 1 heterocycles. The molecule has 1 aromatic heterocycles. The van der Waals surface area contributed by atoms with Crippen LogP contribution in [0.15, 0.2) is 18.5 Å². The Morgan fingerprint density at radius 3 is 2.44 bits per heavy atom. The third-order valence-electron chi connectivity index (χ3n) is 1.72. The lowest BCUT2D eigenvalue weighted by Crippen LogP contribution is -2.26. The summed E-state index contributed by atoms with van der Waals surface area (Å²) in [6.45, 7) is 5.32. The van der Waals surface area contributed by atoms with E-state index >= 15 is 0 Å². The van der Waals surface area contributed by atoms with Gasteiger partial charge in [0.15, 0.2) is 0 Å². The van der Waals surface area contributed by atoms with E-state index in [1.54, 1.807) is 20.8 Å². The number of aromatic nitrogens is 1. The van der Waals surface area contributed by atoms with Gasteiger partial charge in [-0.15, -0.1) is 0 Å². The van der Waals surface area contributed by atoms with Crippen molar-refractivity contribution in [3.05, 3.63) is 24.0 Å². The summed E-state index contributed by atoms with van der Waals surface area (Å²) in [4.78, 5) is 22.7. The van der Waals surface area contributed by atoms with Crippen molar-refractivity contribution in [3.63, 3.8) is 0 Å². The highest BCUT2D eigenvalue weighted by Crippen LogP contribution is 2.10. The van der Waals surface area contributed by atoms with Crippen LogP contribution in [0.25, 0.3) is 0 Å². The summed E-state index contributed by atoms with van der Waals surface area (Å²) < 4.78 is 10.9. The van der Waals surface area contributed by atoms with Crippen molar-refractivity contribution in [1.29, 1.82) is 0 Å². The van der Waals surface area contributed by atoms with Crippen LogP contribution in [0.1, 0.15) is 31.1 Å². The lowest BCUT2D eigenvalue weighted by atomic mass is 10.2. The summed E-state index contributed by atoms with van der Waals surface area (Å²) in [5.41, 5.74) is -0.249. The van der Waals surface area contributed by atoms with Gasteiger partial charge in [-0.25, -0.2) is 9.59 Å². The van der Waals surface area contributed by atoms with Crippen LogP contribution in [0.5, 0.6) is 0 Å². The number of nitrogens with zero attached hydrogens (tertiary/aromatic N) is 1. The predicted molar refractivity (Wildman–Crippen MR) is 57.4 cm³/mol. The predicted octanol–water partition coefficient (Wildman–Crippen LogP) is 2.06. The van der Waals surface area contributed by atoms with Crippen LogP contribution in [0.4, 0.5) is 4.79 Å². The Hall–Kier alpha value is -1.78. The van der Waals surface area contributed by atoms with Crippen molar-refractivity contribution in [2.24, 2.45) is 0 Å². The highest BCUT2D eigenvalue weighted by atomic mass is 16.6. The summed E-state index contributed by atoms with van der Waals surface area (Å²) in [6.07, 6.45) is 2.31. The van der Waals surface area contributed by atoms with E-state index in [1.807, 2.05) is 0 Å². The Kier molecular flexibility index (Phi) is 3.37. The molecule has 5 heteroatoms. The maximum absolute atomic E-state index is 11.6. The van der Waals surface area contributed by atoms with Gasteiger partial charge in [0.1, 0.15) is 5.60 Å². The molecule has 5 nitrogen and oxygen atoms in total. The molecule has 0 saturated carbocycles. The molecule has 0 spiro atoms. The van der Waals surface area contributed by atoms with Crippen LogP contribution in [-0.2, 0) is 9.47 Å². The lowest BCUT2D eigenvalue weighted by Gasteiger charge is -2.19. The Labute approximate surface area is 94.0 Å². The van der Waals surface area contributed by atoms with Crippen LogP contribution in [0.2, 0.25) is 0 Å². The van der Waals surface area contributed by atoms with Crippen LogP contribution in [-0.4, -0.2) is 29.3 Å². The molecule has 0 atom stereocenters. The largest absolute Gasteiger partial charge is 0.465 e. The van der Waals surface area contributed by atoms with E-state index < -0.39 is 17.7 Å². The zero-order valence-electron chi connectivity index (χ0n) is 9.81. The number of carbonyl (C=O) groups is 2. The third-order valence-corrected chi connectivity index (χ3v) is 1.72. The molecule has 0 unspecified atom stereocenters. The first kappa shape index (κ1) is 12.3. The lowest BCUT2D eigenvalue weighted by molar-refractivity contribution is 0.0537. The van der Waals surface area contributed by atoms with Crippen molar-refractivity contribution in [1.82, 2.24) is 4.57 Å².